The molecule has 0 atom stereocenters. The maximum Gasteiger partial charge on any atom is 0.231 e. The highest BCUT2D eigenvalue weighted by atomic mass is 127. The van der Waals surface area contributed by atoms with Gasteiger partial charge in [-0.2, -0.15) is 0 Å². The van der Waals surface area contributed by atoms with Crippen LogP contribution in [0.1, 0.15) is 5.56 Å². The van der Waals surface area contributed by atoms with Crippen LogP contribution in [0.4, 0.5) is 0 Å². The Balaban J connectivity index is 0.00000200. The fourth-order valence-corrected chi connectivity index (χ4v) is 1.70. The van der Waals surface area contributed by atoms with Gasteiger partial charge < -0.3 is 20.1 Å². The molecular formula is C13H17ClIN3O2. The van der Waals surface area contributed by atoms with Crippen LogP contribution in [-0.2, 0) is 6.54 Å². The SMILES string of the molecule is C=C(Cl)CNC(=NC)NCc1ccc2c(c1)OCO2.I. The highest BCUT2D eigenvalue weighted by molar-refractivity contribution is 14.0. The predicted octanol–water partition coefficient (Wildman–Crippen LogP) is 2.45. The molecule has 2 N–H and O–H groups in total. The summed E-state index contributed by atoms with van der Waals surface area (Å²) in [6.45, 7) is 5.00. The third-order valence-corrected chi connectivity index (χ3v) is 2.70. The van der Waals surface area contributed by atoms with Gasteiger partial charge in [0, 0.05) is 18.6 Å². The average molecular weight is 410 g/mol. The highest BCUT2D eigenvalue weighted by Crippen LogP contribution is 2.32. The number of fused-ring (bicyclic) bond motifs is 1. The Kier molecular flexibility index (Phi) is 6.94. The van der Waals surface area contributed by atoms with Gasteiger partial charge in [-0.05, 0) is 17.7 Å². The van der Waals surface area contributed by atoms with Gasteiger partial charge in [0.25, 0.3) is 0 Å². The molecule has 0 saturated heterocycles. The van der Waals surface area contributed by atoms with Gasteiger partial charge in [-0.1, -0.05) is 24.2 Å². The molecule has 110 valence electrons. The van der Waals surface area contributed by atoms with E-state index in [1.807, 2.05) is 18.2 Å². The van der Waals surface area contributed by atoms with E-state index in [0.717, 1.165) is 17.1 Å². The van der Waals surface area contributed by atoms with Crippen molar-refractivity contribution in [2.45, 2.75) is 6.54 Å². The van der Waals surface area contributed by atoms with Crippen LogP contribution >= 0.6 is 35.6 Å². The molecule has 1 heterocycles. The molecule has 20 heavy (non-hydrogen) atoms. The first kappa shape index (κ1) is 16.9. The summed E-state index contributed by atoms with van der Waals surface area (Å²) < 4.78 is 10.6. The summed E-state index contributed by atoms with van der Waals surface area (Å²) in [7, 11) is 1.70. The van der Waals surface area contributed by atoms with E-state index in [-0.39, 0.29) is 30.8 Å². The summed E-state index contributed by atoms with van der Waals surface area (Å²) in [4.78, 5) is 4.09. The van der Waals surface area contributed by atoms with Crippen molar-refractivity contribution in [3.05, 3.63) is 35.4 Å². The summed E-state index contributed by atoms with van der Waals surface area (Å²) in [6.07, 6.45) is 0. The van der Waals surface area contributed by atoms with Crippen molar-refractivity contribution in [1.29, 1.82) is 0 Å². The minimum atomic E-state index is 0. The number of rotatable bonds is 4. The molecule has 0 aliphatic carbocycles. The molecule has 1 aliphatic heterocycles. The largest absolute Gasteiger partial charge is 0.454 e. The molecule has 0 amide bonds. The number of ether oxygens (including phenoxy) is 2. The normalized spacial score (nSPS) is 12.6. The van der Waals surface area contributed by atoms with Crippen LogP contribution in [-0.4, -0.2) is 26.3 Å². The Morgan fingerprint density at radius 1 is 1.35 bits per heavy atom. The summed E-state index contributed by atoms with van der Waals surface area (Å²) in [5, 5.41) is 6.75. The lowest BCUT2D eigenvalue weighted by atomic mass is 10.2. The van der Waals surface area contributed by atoms with Crippen LogP contribution in [0.5, 0.6) is 11.5 Å². The van der Waals surface area contributed by atoms with Gasteiger partial charge >= 0.3 is 0 Å². The second-order valence-corrected chi connectivity index (χ2v) is 4.52. The molecule has 0 saturated carbocycles. The van der Waals surface area contributed by atoms with Crippen molar-refractivity contribution in [2.75, 3.05) is 20.4 Å². The van der Waals surface area contributed by atoms with Crippen LogP contribution in [0.15, 0.2) is 34.8 Å². The standard InChI is InChI=1S/C13H16ClN3O2.HI/c1-9(14)6-16-13(15-2)17-7-10-3-4-11-12(5-10)19-8-18-11;/h3-5H,1,6-8H2,2H3,(H2,15,16,17);1H. The zero-order valence-electron chi connectivity index (χ0n) is 11.1. The Morgan fingerprint density at radius 2 is 2.10 bits per heavy atom. The molecule has 0 aromatic heterocycles. The minimum Gasteiger partial charge on any atom is -0.454 e. The molecule has 0 unspecified atom stereocenters. The number of nitrogens with zero attached hydrogens (tertiary/aromatic N) is 1. The number of aliphatic imine (C=N–C) groups is 1. The van der Waals surface area contributed by atoms with Crippen LogP contribution in [0.25, 0.3) is 0 Å². The van der Waals surface area contributed by atoms with Gasteiger partial charge in [-0.3, -0.25) is 4.99 Å². The van der Waals surface area contributed by atoms with Gasteiger partial charge in [0.1, 0.15) is 0 Å². The molecule has 0 radical (unpaired) electrons. The van der Waals surface area contributed by atoms with E-state index < -0.39 is 0 Å². The van der Waals surface area contributed by atoms with E-state index in [2.05, 4.69) is 22.2 Å². The van der Waals surface area contributed by atoms with E-state index in [1.54, 1.807) is 7.05 Å². The summed E-state index contributed by atoms with van der Waals surface area (Å²) >= 11 is 5.69. The lowest BCUT2D eigenvalue weighted by Crippen LogP contribution is -2.37. The molecule has 1 aliphatic rings. The van der Waals surface area contributed by atoms with Crippen molar-refractivity contribution in [3.63, 3.8) is 0 Å². The summed E-state index contributed by atoms with van der Waals surface area (Å²) in [5.74, 6) is 2.22. The first-order chi connectivity index (χ1) is 9.19. The molecule has 7 heteroatoms. The fourth-order valence-electron chi connectivity index (χ4n) is 1.64. The van der Waals surface area contributed by atoms with Gasteiger partial charge in [0.05, 0.1) is 6.54 Å². The molecule has 5 nitrogen and oxygen atoms in total. The number of halogens is 2. The first-order valence-electron chi connectivity index (χ1n) is 5.85. The van der Waals surface area contributed by atoms with E-state index in [1.165, 1.54) is 0 Å². The van der Waals surface area contributed by atoms with Gasteiger partial charge in [0.15, 0.2) is 17.5 Å². The molecule has 2 rings (SSSR count). The van der Waals surface area contributed by atoms with Crippen molar-refractivity contribution in [3.8, 4) is 11.5 Å². The van der Waals surface area contributed by atoms with E-state index >= 15 is 0 Å². The molecule has 0 fully saturated rings. The van der Waals surface area contributed by atoms with Crippen LogP contribution < -0.4 is 20.1 Å². The number of benzene rings is 1. The lowest BCUT2D eigenvalue weighted by Gasteiger charge is -2.11. The van der Waals surface area contributed by atoms with Crippen molar-refractivity contribution in [1.82, 2.24) is 10.6 Å². The average Bonchev–Trinajstić information content (AvgIpc) is 2.86. The summed E-state index contributed by atoms with van der Waals surface area (Å²) in [6, 6.07) is 5.83. The molecule has 1 aromatic carbocycles. The molecule has 0 bridgehead atoms. The van der Waals surface area contributed by atoms with Gasteiger partial charge in [-0.15, -0.1) is 24.0 Å². The summed E-state index contributed by atoms with van der Waals surface area (Å²) in [5.41, 5.74) is 1.08. The van der Waals surface area contributed by atoms with Gasteiger partial charge in [-0.25, -0.2) is 0 Å². The monoisotopic (exact) mass is 409 g/mol. The number of hydrogen-bond donors (Lipinski definition) is 2. The highest BCUT2D eigenvalue weighted by Gasteiger charge is 2.13. The van der Waals surface area contributed by atoms with Crippen LogP contribution in [0, 0.1) is 0 Å². The molecule has 1 aromatic rings. The first-order valence-corrected chi connectivity index (χ1v) is 6.23. The third kappa shape index (κ3) is 4.75. The Bertz CT molecular complexity index is 508. The van der Waals surface area contributed by atoms with Crippen molar-refractivity contribution in [2.24, 2.45) is 4.99 Å². The fraction of sp³-hybridized carbons (Fsp3) is 0.308. The number of nitrogens with one attached hydrogen (secondary N) is 2. The zero-order chi connectivity index (χ0) is 13.7. The smallest absolute Gasteiger partial charge is 0.231 e. The van der Waals surface area contributed by atoms with Crippen molar-refractivity contribution < 1.29 is 9.47 Å². The van der Waals surface area contributed by atoms with Gasteiger partial charge in [0.2, 0.25) is 6.79 Å². The second kappa shape index (κ2) is 8.21. The van der Waals surface area contributed by atoms with Crippen LogP contribution in [0.2, 0.25) is 0 Å². The molecule has 0 spiro atoms. The number of guanidine groups is 1. The molecular weight excluding hydrogens is 393 g/mol. The van der Waals surface area contributed by atoms with E-state index in [4.69, 9.17) is 21.1 Å². The van der Waals surface area contributed by atoms with Crippen LogP contribution in [0.3, 0.4) is 0 Å². The second-order valence-electron chi connectivity index (χ2n) is 3.98. The zero-order valence-corrected chi connectivity index (χ0v) is 14.2. The topological polar surface area (TPSA) is 54.9 Å². The Morgan fingerprint density at radius 3 is 2.80 bits per heavy atom. The quantitative estimate of drug-likeness (QED) is 0.456. The Labute approximate surface area is 140 Å². The van der Waals surface area contributed by atoms with Crippen molar-refractivity contribution >= 4 is 41.5 Å². The Hall–Kier alpha value is -1.15. The minimum absolute atomic E-state index is 0. The number of hydrogen-bond acceptors (Lipinski definition) is 3. The maximum absolute atomic E-state index is 5.69. The van der Waals surface area contributed by atoms with E-state index in [0.29, 0.717) is 24.1 Å². The maximum atomic E-state index is 5.69. The third-order valence-electron chi connectivity index (χ3n) is 2.57. The predicted molar refractivity (Wildman–Crippen MR) is 91.2 cm³/mol. The van der Waals surface area contributed by atoms with E-state index in [9.17, 15) is 0 Å². The lowest BCUT2D eigenvalue weighted by molar-refractivity contribution is 0.174.